The van der Waals surface area contributed by atoms with Gasteiger partial charge in [-0.05, 0) is 18.5 Å². The SMILES string of the molecule is CC1CNCC1c1nc2ccncc2n1C. The summed E-state index contributed by atoms with van der Waals surface area (Å²) in [5.41, 5.74) is 2.17. The van der Waals surface area contributed by atoms with Crippen molar-refractivity contribution in [2.24, 2.45) is 13.0 Å². The predicted molar refractivity (Wildman–Crippen MR) is 63.3 cm³/mol. The van der Waals surface area contributed by atoms with Gasteiger partial charge in [0.25, 0.3) is 0 Å². The third-order valence-corrected chi connectivity index (χ3v) is 3.57. The molecule has 3 heterocycles. The Morgan fingerprint density at radius 1 is 1.44 bits per heavy atom. The van der Waals surface area contributed by atoms with Gasteiger partial charge < -0.3 is 9.88 Å². The highest BCUT2D eigenvalue weighted by molar-refractivity contribution is 5.74. The van der Waals surface area contributed by atoms with E-state index < -0.39 is 0 Å². The number of nitrogens with zero attached hydrogens (tertiary/aromatic N) is 3. The normalized spacial score (nSPS) is 25.4. The molecule has 2 atom stereocenters. The molecule has 0 aromatic carbocycles. The second-order valence-electron chi connectivity index (χ2n) is 4.64. The van der Waals surface area contributed by atoms with Crippen molar-refractivity contribution in [2.75, 3.05) is 13.1 Å². The minimum Gasteiger partial charge on any atom is -0.330 e. The van der Waals surface area contributed by atoms with Gasteiger partial charge in [-0.3, -0.25) is 4.98 Å². The topological polar surface area (TPSA) is 42.7 Å². The van der Waals surface area contributed by atoms with E-state index in [0.717, 1.165) is 24.1 Å². The first kappa shape index (κ1) is 9.78. The Balaban J connectivity index is 2.13. The fourth-order valence-electron chi connectivity index (χ4n) is 2.54. The smallest absolute Gasteiger partial charge is 0.114 e. The van der Waals surface area contributed by atoms with E-state index >= 15 is 0 Å². The molecule has 2 unspecified atom stereocenters. The largest absolute Gasteiger partial charge is 0.330 e. The summed E-state index contributed by atoms with van der Waals surface area (Å²) >= 11 is 0. The maximum absolute atomic E-state index is 4.73. The zero-order chi connectivity index (χ0) is 11.1. The second-order valence-corrected chi connectivity index (χ2v) is 4.64. The van der Waals surface area contributed by atoms with Gasteiger partial charge in [-0.2, -0.15) is 0 Å². The average Bonchev–Trinajstić information content (AvgIpc) is 2.84. The van der Waals surface area contributed by atoms with Gasteiger partial charge in [0.05, 0.1) is 17.2 Å². The molecule has 16 heavy (non-hydrogen) atoms. The Labute approximate surface area is 94.7 Å². The molecule has 84 valence electrons. The molecule has 4 heteroatoms. The molecule has 0 bridgehead atoms. The molecule has 1 N–H and O–H groups in total. The lowest BCUT2D eigenvalue weighted by molar-refractivity contribution is 0.533. The van der Waals surface area contributed by atoms with Crippen LogP contribution in [0.25, 0.3) is 11.0 Å². The van der Waals surface area contributed by atoms with Crippen molar-refractivity contribution in [1.82, 2.24) is 19.9 Å². The van der Waals surface area contributed by atoms with Crippen LogP contribution in [0.3, 0.4) is 0 Å². The van der Waals surface area contributed by atoms with Crippen LogP contribution in [-0.4, -0.2) is 27.6 Å². The summed E-state index contributed by atoms with van der Waals surface area (Å²) in [5.74, 6) is 2.36. The highest BCUT2D eigenvalue weighted by Gasteiger charge is 2.28. The van der Waals surface area contributed by atoms with Crippen LogP contribution in [0.4, 0.5) is 0 Å². The molecule has 0 radical (unpaired) electrons. The summed E-state index contributed by atoms with van der Waals surface area (Å²) in [6.45, 7) is 4.40. The molecule has 2 aromatic rings. The van der Waals surface area contributed by atoms with E-state index in [1.165, 1.54) is 5.82 Å². The van der Waals surface area contributed by atoms with E-state index in [4.69, 9.17) is 4.98 Å². The van der Waals surface area contributed by atoms with Crippen molar-refractivity contribution >= 4 is 11.0 Å². The van der Waals surface area contributed by atoms with Crippen LogP contribution in [0, 0.1) is 5.92 Å². The van der Waals surface area contributed by atoms with E-state index in [0.29, 0.717) is 11.8 Å². The first-order valence-electron chi connectivity index (χ1n) is 5.74. The molecule has 1 saturated heterocycles. The monoisotopic (exact) mass is 216 g/mol. The number of hydrogen-bond acceptors (Lipinski definition) is 3. The Bertz CT molecular complexity index is 517. The highest BCUT2D eigenvalue weighted by Crippen LogP contribution is 2.28. The van der Waals surface area contributed by atoms with Crippen LogP contribution >= 0.6 is 0 Å². The number of aryl methyl sites for hydroxylation is 1. The number of aromatic nitrogens is 3. The van der Waals surface area contributed by atoms with Crippen LogP contribution in [0.1, 0.15) is 18.7 Å². The van der Waals surface area contributed by atoms with Crippen molar-refractivity contribution in [3.63, 3.8) is 0 Å². The number of rotatable bonds is 1. The van der Waals surface area contributed by atoms with E-state index in [9.17, 15) is 0 Å². The Morgan fingerprint density at radius 3 is 3.00 bits per heavy atom. The van der Waals surface area contributed by atoms with Gasteiger partial charge in [0.15, 0.2) is 0 Å². The molecule has 0 saturated carbocycles. The molecule has 1 aliphatic heterocycles. The van der Waals surface area contributed by atoms with Crippen molar-refractivity contribution in [3.8, 4) is 0 Å². The third-order valence-electron chi connectivity index (χ3n) is 3.57. The maximum Gasteiger partial charge on any atom is 0.114 e. The van der Waals surface area contributed by atoms with Gasteiger partial charge in [-0.25, -0.2) is 4.98 Å². The third kappa shape index (κ3) is 1.33. The zero-order valence-corrected chi connectivity index (χ0v) is 9.64. The molecule has 0 amide bonds. The van der Waals surface area contributed by atoms with Crippen molar-refractivity contribution in [2.45, 2.75) is 12.8 Å². The summed E-state index contributed by atoms with van der Waals surface area (Å²) in [7, 11) is 2.08. The fourth-order valence-corrected chi connectivity index (χ4v) is 2.54. The van der Waals surface area contributed by atoms with Crippen LogP contribution in [0.5, 0.6) is 0 Å². The first-order chi connectivity index (χ1) is 7.77. The van der Waals surface area contributed by atoms with Crippen molar-refractivity contribution in [3.05, 3.63) is 24.3 Å². The predicted octanol–water partition coefficient (Wildman–Crippen LogP) is 1.29. The van der Waals surface area contributed by atoms with Crippen LogP contribution in [0.2, 0.25) is 0 Å². The molecule has 0 aliphatic carbocycles. The summed E-state index contributed by atoms with van der Waals surface area (Å²) in [4.78, 5) is 8.88. The Kier molecular flexibility index (Phi) is 2.17. The number of imidazole rings is 1. The van der Waals surface area contributed by atoms with E-state index in [-0.39, 0.29) is 0 Å². The lowest BCUT2D eigenvalue weighted by atomic mass is 9.97. The van der Waals surface area contributed by atoms with Gasteiger partial charge in [0, 0.05) is 25.7 Å². The second kappa shape index (κ2) is 3.56. The van der Waals surface area contributed by atoms with Crippen molar-refractivity contribution in [1.29, 1.82) is 0 Å². The quantitative estimate of drug-likeness (QED) is 0.781. The minimum atomic E-state index is 0.525. The highest BCUT2D eigenvalue weighted by atomic mass is 15.1. The van der Waals surface area contributed by atoms with E-state index in [1.54, 1.807) is 6.20 Å². The summed E-state index contributed by atoms with van der Waals surface area (Å²) in [5, 5.41) is 3.42. The van der Waals surface area contributed by atoms with Gasteiger partial charge >= 0.3 is 0 Å². The van der Waals surface area contributed by atoms with Gasteiger partial charge in [-0.15, -0.1) is 0 Å². The van der Waals surface area contributed by atoms with Crippen LogP contribution < -0.4 is 5.32 Å². The number of fused-ring (bicyclic) bond motifs is 1. The molecule has 1 fully saturated rings. The Hall–Kier alpha value is -1.42. The lowest BCUT2D eigenvalue weighted by Crippen LogP contribution is -2.13. The molecule has 1 aliphatic rings. The molecule has 4 nitrogen and oxygen atoms in total. The molecule has 0 spiro atoms. The molecule has 3 rings (SSSR count). The number of nitrogens with one attached hydrogen (secondary N) is 1. The van der Waals surface area contributed by atoms with Gasteiger partial charge in [-0.1, -0.05) is 6.92 Å². The maximum atomic E-state index is 4.73. The molecule has 2 aromatic heterocycles. The van der Waals surface area contributed by atoms with E-state index in [1.807, 2.05) is 12.3 Å². The van der Waals surface area contributed by atoms with E-state index in [2.05, 4.69) is 28.8 Å². The Morgan fingerprint density at radius 2 is 2.31 bits per heavy atom. The van der Waals surface area contributed by atoms with Crippen LogP contribution in [-0.2, 0) is 7.05 Å². The van der Waals surface area contributed by atoms with Crippen molar-refractivity contribution < 1.29 is 0 Å². The fraction of sp³-hybridized carbons (Fsp3) is 0.500. The first-order valence-corrected chi connectivity index (χ1v) is 5.74. The number of hydrogen-bond donors (Lipinski definition) is 1. The summed E-state index contributed by atoms with van der Waals surface area (Å²) in [6, 6.07) is 1.98. The van der Waals surface area contributed by atoms with Gasteiger partial charge in [0.1, 0.15) is 5.82 Å². The molecular weight excluding hydrogens is 200 g/mol. The summed E-state index contributed by atoms with van der Waals surface area (Å²) in [6.07, 6.45) is 3.69. The summed E-state index contributed by atoms with van der Waals surface area (Å²) < 4.78 is 2.18. The number of pyridine rings is 1. The minimum absolute atomic E-state index is 0.525. The lowest BCUT2D eigenvalue weighted by Gasteiger charge is -2.13. The molecular formula is C12H16N4. The standard InChI is InChI=1S/C12H16N4/c1-8-5-14-6-9(8)12-15-10-3-4-13-7-11(10)16(12)2/h3-4,7-9,14H,5-6H2,1-2H3. The van der Waals surface area contributed by atoms with Gasteiger partial charge in [0.2, 0.25) is 0 Å². The average molecular weight is 216 g/mol. The zero-order valence-electron chi connectivity index (χ0n) is 9.64. The van der Waals surface area contributed by atoms with Crippen LogP contribution in [0.15, 0.2) is 18.5 Å².